The van der Waals surface area contributed by atoms with Gasteiger partial charge >= 0.3 is 12.1 Å². The SMILES string of the molecule is COC(=O)C(CCSc1ccccn1)N[C@@H](c1ccc(F)cc1)C(F)(F)F. The van der Waals surface area contributed by atoms with Crippen molar-refractivity contribution in [3.05, 3.63) is 60.0 Å². The van der Waals surface area contributed by atoms with Crippen LogP contribution in [0.5, 0.6) is 0 Å². The number of pyridine rings is 1. The topological polar surface area (TPSA) is 51.2 Å². The van der Waals surface area contributed by atoms with E-state index in [9.17, 15) is 22.4 Å². The molecule has 1 aromatic carbocycles. The van der Waals surface area contributed by atoms with Crippen molar-refractivity contribution in [1.82, 2.24) is 10.3 Å². The first-order chi connectivity index (χ1) is 12.8. The fourth-order valence-corrected chi connectivity index (χ4v) is 3.23. The molecule has 0 radical (unpaired) electrons. The summed E-state index contributed by atoms with van der Waals surface area (Å²) in [4.78, 5) is 16.1. The molecule has 0 spiro atoms. The van der Waals surface area contributed by atoms with Gasteiger partial charge in [-0.25, -0.2) is 9.37 Å². The number of hydrogen-bond acceptors (Lipinski definition) is 5. The van der Waals surface area contributed by atoms with Gasteiger partial charge in [0.15, 0.2) is 0 Å². The first-order valence-electron chi connectivity index (χ1n) is 8.01. The van der Waals surface area contributed by atoms with Crippen molar-refractivity contribution in [1.29, 1.82) is 0 Å². The van der Waals surface area contributed by atoms with Gasteiger partial charge in [-0.3, -0.25) is 10.1 Å². The second-order valence-corrected chi connectivity index (χ2v) is 6.69. The Hall–Kier alpha value is -2.13. The number of ether oxygens (including phenoxy) is 1. The largest absolute Gasteiger partial charge is 0.468 e. The molecule has 9 heteroatoms. The molecule has 0 aliphatic carbocycles. The number of rotatable bonds is 8. The monoisotopic (exact) mass is 402 g/mol. The van der Waals surface area contributed by atoms with Gasteiger partial charge in [0.2, 0.25) is 0 Å². The molecule has 0 amide bonds. The minimum Gasteiger partial charge on any atom is -0.468 e. The van der Waals surface area contributed by atoms with Crippen LogP contribution in [0.2, 0.25) is 0 Å². The molecular formula is C18H18F4N2O2S. The van der Waals surface area contributed by atoms with Crippen molar-refractivity contribution in [2.45, 2.75) is 29.7 Å². The Morgan fingerprint density at radius 2 is 1.93 bits per heavy atom. The maximum atomic E-state index is 13.5. The molecule has 2 aromatic rings. The Kier molecular flexibility index (Phi) is 7.61. The molecule has 1 unspecified atom stereocenters. The molecule has 2 atom stereocenters. The highest BCUT2D eigenvalue weighted by molar-refractivity contribution is 7.99. The van der Waals surface area contributed by atoms with E-state index in [0.717, 1.165) is 31.4 Å². The number of benzene rings is 1. The predicted octanol–water partition coefficient (Wildman–Crippen LogP) is 4.14. The highest BCUT2D eigenvalue weighted by atomic mass is 32.2. The molecule has 0 aliphatic rings. The third kappa shape index (κ3) is 6.51. The van der Waals surface area contributed by atoms with Gasteiger partial charge in [-0.2, -0.15) is 13.2 Å². The van der Waals surface area contributed by atoms with Gasteiger partial charge in [0.05, 0.1) is 12.1 Å². The van der Waals surface area contributed by atoms with Gasteiger partial charge in [-0.1, -0.05) is 18.2 Å². The van der Waals surface area contributed by atoms with E-state index < -0.39 is 30.0 Å². The molecule has 27 heavy (non-hydrogen) atoms. The number of alkyl halides is 3. The summed E-state index contributed by atoms with van der Waals surface area (Å²) in [7, 11) is 1.11. The molecule has 1 aromatic heterocycles. The second kappa shape index (κ2) is 9.70. The van der Waals surface area contributed by atoms with Gasteiger partial charge < -0.3 is 4.74 Å². The lowest BCUT2D eigenvalue weighted by Gasteiger charge is -2.26. The highest BCUT2D eigenvalue weighted by Crippen LogP contribution is 2.33. The maximum Gasteiger partial charge on any atom is 0.407 e. The summed E-state index contributed by atoms with van der Waals surface area (Å²) < 4.78 is 58.2. The molecule has 146 valence electrons. The number of methoxy groups -OCH3 is 1. The summed E-state index contributed by atoms with van der Waals surface area (Å²) in [6.07, 6.45) is -2.97. The summed E-state index contributed by atoms with van der Waals surface area (Å²) in [5.74, 6) is -1.08. The quantitative estimate of drug-likeness (QED) is 0.409. The van der Waals surface area contributed by atoms with E-state index >= 15 is 0 Å². The Bertz CT molecular complexity index is 726. The number of hydrogen-bond donors (Lipinski definition) is 1. The lowest BCUT2D eigenvalue weighted by molar-refractivity contribution is -0.164. The van der Waals surface area contributed by atoms with E-state index in [4.69, 9.17) is 0 Å². The van der Waals surface area contributed by atoms with Crippen LogP contribution < -0.4 is 5.32 Å². The molecule has 0 fully saturated rings. The molecule has 0 saturated carbocycles. The molecule has 0 aliphatic heterocycles. The molecule has 0 bridgehead atoms. The van der Waals surface area contributed by atoms with Crippen molar-refractivity contribution in [3.8, 4) is 0 Å². The summed E-state index contributed by atoms with van der Waals surface area (Å²) >= 11 is 1.32. The summed E-state index contributed by atoms with van der Waals surface area (Å²) in [5.41, 5.74) is -0.185. The van der Waals surface area contributed by atoms with Crippen LogP contribution in [0.3, 0.4) is 0 Å². The number of nitrogens with one attached hydrogen (secondary N) is 1. The number of esters is 1. The van der Waals surface area contributed by atoms with E-state index in [2.05, 4.69) is 15.0 Å². The van der Waals surface area contributed by atoms with Crippen LogP contribution >= 0.6 is 11.8 Å². The standard InChI is InChI=1S/C18H18F4N2O2S/c1-26-17(25)14(9-11-27-15-4-2-3-10-23-15)24-16(18(20,21)22)12-5-7-13(19)8-6-12/h2-8,10,14,16,24H,9,11H2,1H3/t14?,16-/m0/s1. The van der Waals surface area contributed by atoms with E-state index in [-0.39, 0.29) is 12.0 Å². The Morgan fingerprint density at radius 3 is 2.48 bits per heavy atom. The average molecular weight is 402 g/mol. The second-order valence-electron chi connectivity index (χ2n) is 5.57. The normalized spacial score (nSPS) is 13.8. The third-order valence-electron chi connectivity index (χ3n) is 3.68. The van der Waals surface area contributed by atoms with Crippen LogP contribution in [-0.2, 0) is 9.53 Å². The fourth-order valence-electron chi connectivity index (χ4n) is 2.36. The smallest absolute Gasteiger partial charge is 0.407 e. The number of aromatic nitrogens is 1. The van der Waals surface area contributed by atoms with E-state index in [1.165, 1.54) is 11.8 Å². The Labute approximate surface area is 158 Å². The zero-order valence-corrected chi connectivity index (χ0v) is 15.2. The van der Waals surface area contributed by atoms with E-state index in [0.29, 0.717) is 10.8 Å². The van der Waals surface area contributed by atoms with Crippen LogP contribution in [0.1, 0.15) is 18.0 Å². The summed E-state index contributed by atoms with van der Waals surface area (Å²) in [5, 5.41) is 3.01. The maximum absolute atomic E-state index is 13.5. The average Bonchev–Trinajstić information content (AvgIpc) is 2.64. The molecule has 1 N–H and O–H groups in total. The number of nitrogens with zero attached hydrogens (tertiary/aromatic N) is 1. The van der Waals surface area contributed by atoms with Crippen molar-refractivity contribution in [2.24, 2.45) is 0 Å². The van der Waals surface area contributed by atoms with Crippen molar-refractivity contribution < 1.29 is 27.1 Å². The zero-order valence-electron chi connectivity index (χ0n) is 14.4. The Balaban J connectivity index is 2.11. The summed E-state index contributed by atoms with van der Waals surface area (Å²) in [6.45, 7) is 0. The fraction of sp³-hybridized carbons (Fsp3) is 0.333. The van der Waals surface area contributed by atoms with Gasteiger partial charge in [0.1, 0.15) is 17.9 Å². The van der Waals surface area contributed by atoms with Crippen LogP contribution in [0.25, 0.3) is 0 Å². The molecule has 2 rings (SSSR count). The number of carbonyl (C=O) groups excluding carboxylic acids is 1. The van der Waals surface area contributed by atoms with Crippen LogP contribution in [0.4, 0.5) is 17.6 Å². The van der Waals surface area contributed by atoms with Gasteiger partial charge in [-0.15, -0.1) is 11.8 Å². The first-order valence-corrected chi connectivity index (χ1v) is 8.99. The highest BCUT2D eigenvalue weighted by Gasteiger charge is 2.43. The Morgan fingerprint density at radius 1 is 1.22 bits per heavy atom. The van der Waals surface area contributed by atoms with Gasteiger partial charge in [0, 0.05) is 11.9 Å². The number of thioether (sulfide) groups is 1. The summed E-state index contributed by atoms with van der Waals surface area (Å²) in [6, 6.07) is 5.97. The first kappa shape index (κ1) is 21.2. The van der Waals surface area contributed by atoms with Crippen molar-refractivity contribution in [2.75, 3.05) is 12.9 Å². The lowest BCUT2D eigenvalue weighted by atomic mass is 10.0. The molecule has 1 heterocycles. The lowest BCUT2D eigenvalue weighted by Crippen LogP contribution is -2.45. The van der Waals surface area contributed by atoms with Crippen molar-refractivity contribution in [3.63, 3.8) is 0 Å². The molecule has 4 nitrogen and oxygen atoms in total. The molecular weight excluding hydrogens is 384 g/mol. The van der Waals surface area contributed by atoms with Crippen molar-refractivity contribution >= 4 is 17.7 Å². The number of halogens is 4. The van der Waals surface area contributed by atoms with Crippen LogP contribution in [-0.4, -0.2) is 36.0 Å². The molecule has 0 saturated heterocycles. The zero-order chi connectivity index (χ0) is 19.9. The van der Waals surface area contributed by atoms with Crippen LogP contribution in [0, 0.1) is 5.82 Å². The van der Waals surface area contributed by atoms with Gasteiger partial charge in [0.25, 0.3) is 0 Å². The minimum absolute atomic E-state index is 0.0989. The minimum atomic E-state index is -4.67. The van der Waals surface area contributed by atoms with Gasteiger partial charge in [-0.05, 0) is 36.2 Å². The predicted molar refractivity (Wildman–Crippen MR) is 93.7 cm³/mol. The van der Waals surface area contributed by atoms with E-state index in [1.807, 2.05) is 0 Å². The third-order valence-corrected chi connectivity index (χ3v) is 4.66. The number of carbonyl (C=O) groups is 1. The van der Waals surface area contributed by atoms with Crippen LogP contribution in [0.15, 0.2) is 53.7 Å². The van der Waals surface area contributed by atoms with E-state index in [1.54, 1.807) is 24.4 Å².